The molecule has 2 aromatic rings. The van der Waals surface area contributed by atoms with E-state index in [-0.39, 0.29) is 5.91 Å². The molecule has 0 atom stereocenters. The molecule has 19 heavy (non-hydrogen) atoms. The van der Waals surface area contributed by atoms with Crippen molar-refractivity contribution in [2.24, 2.45) is 0 Å². The van der Waals surface area contributed by atoms with Crippen LogP contribution in [0.5, 0.6) is 0 Å². The predicted molar refractivity (Wildman–Crippen MR) is 86.5 cm³/mol. The maximum absolute atomic E-state index is 12.1. The molecule has 0 spiro atoms. The lowest BCUT2D eigenvalue weighted by molar-refractivity contribution is 0.102. The number of rotatable bonds is 2. The number of aryl methyl sites for hydroxylation is 1. The van der Waals surface area contributed by atoms with Crippen molar-refractivity contribution in [3.8, 4) is 0 Å². The van der Waals surface area contributed by atoms with Gasteiger partial charge in [-0.2, -0.15) is 0 Å². The predicted octanol–water partition coefficient (Wildman–Crippen LogP) is 4.93. The molecule has 6 heteroatoms. The van der Waals surface area contributed by atoms with Crippen molar-refractivity contribution in [1.29, 1.82) is 0 Å². The molecule has 0 saturated carbocycles. The first kappa shape index (κ1) is 14.7. The van der Waals surface area contributed by atoms with E-state index in [0.717, 1.165) is 19.0 Å². The third kappa shape index (κ3) is 3.64. The maximum Gasteiger partial charge on any atom is 0.257 e. The number of amides is 1. The zero-order valence-corrected chi connectivity index (χ0v) is 14.6. The highest BCUT2D eigenvalue weighted by atomic mass is 79.9. The summed E-state index contributed by atoms with van der Waals surface area (Å²) in [7, 11) is 0. The van der Waals surface area contributed by atoms with Gasteiger partial charge in [-0.25, -0.2) is 0 Å². The molecule has 0 fully saturated rings. The molecule has 0 aliphatic rings. The average Bonchev–Trinajstić information content (AvgIpc) is 2.33. The van der Waals surface area contributed by atoms with Gasteiger partial charge in [-0.05, 0) is 78.5 Å². The number of aromatic nitrogens is 1. The van der Waals surface area contributed by atoms with E-state index in [1.165, 1.54) is 6.20 Å². The summed E-state index contributed by atoms with van der Waals surface area (Å²) in [6.07, 6.45) is 3.16. The monoisotopic (exact) mass is 446 g/mol. The fourth-order valence-corrected chi connectivity index (χ4v) is 3.52. The number of halogens is 3. The van der Waals surface area contributed by atoms with Crippen LogP contribution in [0, 0.1) is 6.92 Å². The fourth-order valence-electron chi connectivity index (χ4n) is 1.54. The van der Waals surface area contributed by atoms with Gasteiger partial charge in [0.2, 0.25) is 0 Å². The number of carbonyl (C=O) groups excluding carboxylic acids is 1. The minimum atomic E-state index is -0.209. The zero-order valence-electron chi connectivity index (χ0n) is 9.88. The van der Waals surface area contributed by atoms with Gasteiger partial charge >= 0.3 is 0 Å². The Morgan fingerprint density at radius 2 is 1.74 bits per heavy atom. The highest BCUT2D eigenvalue weighted by Crippen LogP contribution is 2.32. The fraction of sp³-hybridized carbons (Fsp3) is 0.0769. The number of benzene rings is 1. The van der Waals surface area contributed by atoms with Gasteiger partial charge in [-0.3, -0.25) is 9.78 Å². The van der Waals surface area contributed by atoms with Gasteiger partial charge in [0.15, 0.2) is 0 Å². The van der Waals surface area contributed by atoms with Gasteiger partial charge < -0.3 is 5.32 Å². The van der Waals surface area contributed by atoms with Crippen LogP contribution in [0.2, 0.25) is 0 Å². The number of nitrogens with zero attached hydrogens (tertiary/aromatic N) is 1. The molecular formula is C13H9Br3N2O. The number of hydrogen-bond acceptors (Lipinski definition) is 2. The molecule has 98 valence electrons. The molecule has 0 unspecified atom stereocenters. The van der Waals surface area contributed by atoms with Crippen LogP contribution in [-0.4, -0.2) is 10.9 Å². The Kier molecular flexibility index (Phi) is 4.76. The Labute approximate surface area is 136 Å². The van der Waals surface area contributed by atoms with Crippen LogP contribution in [0.3, 0.4) is 0 Å². The van der Waals surface area contributed by atoms with Crippen LogP contribution >= 0.6 is 47.8 Å². The minimum absolute atomic E-state index is 0.209. The minimum Gasteiger partial charge on any atom is -0.320 e. The van der Waals surface area contributed by atoms with Crippen molar-refractivity contribution < 1.29 is 4.79 Å². The van der Waals surface area contributed by atoms with Crippen molar-refractivity contribution in [3.05, 3.63) is 55.1 Å². The number of carbonyl (C=O) groups is 1. The molecule has 0 aliphatic carbocycles. The molecule has 1 aromatic carbocycles. The second-order valence-corrected chi connectivity index (χ2v) is 6.57. The Bertz CT molecular complexity index is 621. The van der Waals surface area contributed by atoms with Gasteiger partial charge in [-0.1, -0.05) is 0 Å². The number of hydrogen-bond donors (Lipinski definition) is 1. The van der Waals surface area contributed by atoms with Gasteiger partial charge in [0.05, 0.1) is 11.3 Å². The highest BCUT2D eigenvalue weighted by molar-refractivity contribution is 9.11. The van der Waals surface area contributed by atoms with Crippen molar-refractivity contribution >= 4 is 59.4 Å². The van der Waals surface area contributed by atoms with Crippen molar-refractivity contribution in [2.75, 3.05) is 5.32 Å². The highest BCUT2D eigenvalue weighted by Gasteiger charge is 2.12. The van der Waals surface area contributed by atoms with Crippen LogP contribution < -0.4 is 5.32 Å². The summed E-state index contributed by atoms with van der Waals surface area (Å²) in [6, 6.07) is 5.61. The van der Waals surface area contributed by atoms with E-state index < -0.39 is 0 Å². The Hall–Kier alpha value is -0.720. The third-order valence-electron chi connectivity index (χ3n) is 2.39. The van der Waals surface area contributed by atoms with E-state index in [1.807, 2.05) is 19.1 Å². The summed E-state index contributed by atoms with van der Waals surface area (Å²) in [5.41, 5.74) is 2.30. The summed E-state index contributed by atoms with van der Waals surface area (Å²) >= 11 is 10.2. The van der Waals surface area contributed by atoms with Gasteiger partial charge in [0.1, 0.15) is 0 Å². The second-order valence-electron chi connectivity index (χ2n) is 3.95. The molecular weight excluding hydrogens is 440 g/mol. The standard InChI is InChI=1S/C13H9Br3N2O/c1-7-2-10(15)12(11(16)3-7)18-13(19)8-4-9(14)6-17-5-8/h2-6H,1H3,(H,18,19). The first-order valence-electron chi connectivity index (χ1n) is 5.35. The van der Waals surface area contributed by atoms with E-state index in [4.69, 9.17) is 0 Å². The Morgan fingerprint density at radius 1 is 1.11 bits per heavy atom. The summed E-state index contributed by atoms with van der Waals surface area (Å²) in [6.45, 7) is 1.99. The number of nitrogens with one attached hydrogen (secondary N) is 1. The lowest BCUT2D eigenvalue weighted by Gasteiger charge is -2.10. The summed E-state index contributed by atoms with van der Waals surface area (Å²) in [5.74, 6) is -0.209. The van der Waals surface area contributed by atoms with E-state index in [9.17, 15) is 4.79 Å². The van der Waals surface area contributed by atoms with E-state index in [2.05, 4.69) is 58.1 Å². The summed E-state index contributed by atoms with van der Waals surface area (Å²) < 4.78 is 2.42. The number of pyridine rings is 1. The van der Waals surface area contributed by atoms with E-state index in [0.29, 0.717) is 11.3 Å². The Morgan fingerprint density at radius 3 is 2.32 bits per heavy atom. The molecule has 1 N–H and O–H groups in total. The van der Waals surface area contributed by atoms with Gasteiger partial charge in [-0.15, -0.1) is 0 Å². The van der Waals surface area contributed by atoms with Gasteiger partial charge in [0.25, 0.3) is 5.91 Å². The second kappa shape index (κ2) is 6.15. The molecule has 0 aliphatic heterocycles. The van der Waals surface area contributed by atoms with Crippen LogP contribution in [0.25, 0.3) is 0 Å². The van der Waals surface area contributed by atoms with Crippen molar-refractivity contribution in [2.45, 2.75) is 6.92 Å². The first-order chi connectivity index (χ1) is 8.97. The molecule has 1 aromatic heterocycles. The van der Waals surface area contributed by atoms with Crippen molar-refractivity contribution in [3.63, 3.8) is 0 Å². The normalized spacial score (nSPS) is 10.3. The van der Waals surface area contributed by atoms with E-state index in [1.54, 1.807) is 12.3 Å². The lowest BCUT2D eigenvalue weighted by atomic mass is 10.2. The SMILES string of the molecule is Cc1cc(Br)c(NC(=O)c2cncc(Br)c2)c(Br)c1. The van der Waals surface area contributed by atoms with Crippen LogP contribution in [0.4, 0.5) is 5.69 Å². The Balaban J connectivity index is 2.29. The van der Waals surface area contributed by atoms with Crippen molar-refractivity contribution in [1.82, 2.24) is 4.98 Å². The molecule has 1 amide bonds. The summed E-state index contributed by atoms with van der Waals surface area (Å²) in [5, 5.41) is 2.86. The maximum atomic E-state index is 12.1. The van der Waals surface area contributed by atoms with E-state index >= 15 is 0 Å². The lowest BCUT2D eigenvalue weighted by Crippen LogP contribution is -2.13. The van der Waals surface area contributed by atoms with Gasteiger partial charge in [0, 0.05) is 25.8 Å². The summed E-state index contributed by atoms with van der Waals surface area (Å²) in [4.78, 5) is 16.1. The molecule has 2 rings (SSSR count). The quantitative estimate of drug-likeness (QED) is 0.707. The molecule has 0 saturated heterocycles. The zero-order chi connectivity index (χ0) is 14.0. The smallest absolute Gasteiger partial charge is 0.257 e. The molecule has 0 radical (unpaired) electrons. The number of anilines is 1. The largest absolute Gasteiger partial charge is 0.320 e. The third-order valence-corrected chi connectivity index (χ3v) is 4.08. The molecule has 0 bridgehead atoms. The topological polar surface area (TPSA) is 42.0 Å². The van der Waals surface area contributed by atoms with Crippen LogP contribution in [-0.2, 0) is 0 Å². The molecule has 3 nitrogen and oxygen atoms in total. The van der Waals surface area contributed by atoms with Crippen LogP contribution in [0.15, 0.2) is 44.0 Å². The first-order valence-corrected chi connectivity index (χ1v) is 7.73. The van der Waals surface area contributed by atoms with Crippen LogP contribution in [0.1, 0.15) is 15.9 Å². The average molecular weight is 449 g/mol. The molecule has 1 heterocycles.